The van der Waals surface area contributed by atoms with E-state index in [1.165, 1.54) is 11.6 Å². The fraction of sp³-hybridized carbons (Fsp3) is 0.368. The Morgan fingerprint density at radius 2 is 1.38 bits per heavy atom. The zero-order chi connectivity index (χ0) is 34.6. The average molecular weight is 657 g/mol. The van der Waals surface area contributed by atoms with Crippen molar-refractivity contribution in [1.82, 2.24) is 9.13 Å². The molecule has 254 valence electrons. The lowest BCUT2D eigenvalue weighted by atomic mass is 9.97. The summed E-state index contributed by atoms with van der Waals surface area (Å²) in [5, 5.41) is 18.2. The van der Waals surface area contributed by atoms with Gasteiger partial charge in [0.15, 0.2) is 0 Å². The Balaban J connectivity index is 1.39. The van der Waals surface area contributed by atoms with Crippen LogP contribution in [0.5, 0.6) is 11.5 Å². The van der Waals surface area contributed by atoms with Crippen LogP contribution in [0.4, 0.5) is 0 Å². The van der Waals surface area contributed by atoms with Gasteiger partial charge in [0.05, 0.1) is 18.8 Å². The molecule has 0 radical (unpaired) electrons. The van der Waals surface area contributed by atoms with Crippen LogP contribution in [0.2, 0.25) is 0 Å². The second-order valence-corrected chi connectivity index (χ2v) is 11.9. The minimum atomic E-state index is -0.880. The molecule has 0 bridgehead atoms. The summed E-state index contributed by atoms with van der Waals surface area (Å²) in [6, 6.07) is 21.4. The number of benzene rings is 3. The third-order valence-corrected chi connectivity index (χ3v) is 8.48. The van der Waals surface area contributed by atoms with E-state index in [9.17, 15) is 24.3 Å². The van der Waals surface area contributed by atoms with Crippen LogP contribution in [0.25, 0.3) is 22.3 Å². The highest BCUT2D eigenvalue weighted by atomic mass is 16.5. The first-order chi connectivity index (χ1) is 23.1. The summed E-state index contributed by atoms with van der Waals surface area (Å²) >= 11 is 0. The van der Waals surface area contributed by atoms with Gasteiger partial charge < -0.3 is 24.3 Å². The molecule has 0 spiro atoms. The number of aryl methyl sites for hydroxylation is 1. The average Bonchev–Trinajstić information content (AvgIpc) is 3.07. The maximum absolute atomic E-state index is 13.2. The minimum absolute atomic E-state index is 0.0104. The van der Waals surface area contributed by atoms with Crippen molar-refractivity contribution in [2.75, 3.05) is 13.2 Å². The Morgan fingerprint density at radius 3 is 2.10 bits per heavy atom. The predicted molar refractivity (Wildman–Crippen MR) is 185 cm³/mol. The van der Waals surface area contributed by atoms with E-state index in [-0.39, 0.29) is 30.7 Å². The summed E-state index contributed by atoms with van der Waals surface area (Å²) in [7, 11) is 3.14. The molecule has 4 rings (SSSR count). The first-order valence-corrected chi connectivity index (χ1v) is 16.3. The summed E-state index contributed by atoms with van der Waals surface area (Å²) in [4.78, 5) is 47.8. The lowest BCUT2D eigenvalue weighted by Gasteiger charge is -2.16. The van der Waals surface area contributed by atoms with E-state index >= 15 is 0 Å². The number of unbranched alkanes of at least 4 members (excludes halogenated alkanes) is 3. The van der Waals surface area contributed by atoms with Crippen LogP contribution in [0.1, 0.15) is 61.8 Å². The molecule has 0 aliphatic carbocycles. The van der Waals surface area contributed by atoms with Gasteiger partial charge in [-0.2, -0.15) is 0 Å². The highest BCUT2D eigenvalue weighted by molar-refractivity contribution is 5.76. The van der Waals surface area contributed by atoms with Gasteiger partial charge >= 0.3 is 17.6 Å². The van der Waals surface area contributed by atoms with Crippen molar-refractivity contribution in [1.29, 1.82) is 0 Å². The van der Waals surface area contributed by atoms with Gasteiger partial charge in [-0.3, -0.25) is 19.0 Å². The van der Waals surface area contributed by atoms with E-state index in [1.54, 1.807) is 14.0 Å². The highest BCUT2D eigenvalue weighted by Crippen LogP contribution is 2.32. The zero-order valence-corrected chi connectivity index (χ0v) is 27.9. The fourth-order valence-electron chi connectivity index (χ4n) is 5.76. The molecule has 2 N–H and O–H groups in total. The van der Waals surface area contributed by atoms with Crippen molar-refractivity contribution in [3.8, 4) is 33.8 Å². The van der Waals surface area contributed by atoms with Crippen LogP contribution in [0.15, 0.2) is 76.3 Å². The molecule has 0 fully saturated rings. The number of hydrogen-bond donors (Lipinski definition) is 2. The van der Waals surface area contributed by atoms with Gasteiger partial charge in [0.2, 0.25) is 0 Å². The van der Waals surface area contributed by atoms with Gasteiger partial charge in [-0.15, -0.1) is 0 Å². The van der Waals surface area contributed by atoms with Crippen molar-refractivity contribution >= 4 is 11.9 Å². The summed E-state index contributed by atoms with van der Waals surface area (Å²) < 4.78 is 14.7. The van der Waals surface area contributed by atoms with Gasteiger partial charge in [0.1, 0.15) is 11.5 Å². The van der Waals surface area contributed by atoms with Crippen molar-refractivity contribution in [2.45, 2.75) is 64.7 Å². The first-order valence-electron chi connectivity index (χ1n) is 16.3. The fourth-order valence-corrected chi connectivity index (χ4v) is 5.76. The molecule has 0 saturated heterocycles. The molecule has 0 unspecified atom stereocenters. The number of aliphatic carboxylic acids is 2. The molecule has 0 amide bonds. The van der Waals surface area contributed by atoms with Crippen molar-refractivity contribution in [3.63, 3.8) is 0 Å². The van der Waals surface area contributed by atoms with Crippen LogP contribution in [0, 0.1) is 6.92 Å². The molecule has 0 aliphatic rings. The summed E-state index contributed by atoms with van der Waals surface area (Å²) in [5.74, 6) is -0.492. The quantitative estimate of drug-likeness (QED) is 0.121. The number of ether oxygens (including phenoxy) is 2. The summed E-state index contributed by atoms with van der Waals surface area (Å²) in [6.45, 7) is 2.52. The molecule has 1 heterocycles. The first kappa shape index (κ1) is 35.7. The number of carboxylic acids is 2. The molecular weight excluding hydrogens is 612 g/mol. The Hall–Kier alpha value is -5.12. The van der Waals surface area contributed by atoms with E-state index in [0.29, 0.717) is 47.8 Å². The summed E-state index contributed by atoms with van der Waals surface area (Å²) in [6.07, 6.45) is 5.13. The molecule has 1 aromatic heterocycles. The topological polar surface area (TPSA) is 137 Å². The lowest BCUT2D eigenvalue weighted by molar-refractivity contribution is -0.138. The van der Waals surface area contributed by atoms with Crippen molar-refractivity contribution in [3.05, 3.63) is 104 Å². The van der Waals surface area contributed by atoms with Crippen molar-refractivity contribution in [2.24, 2.45) is 14.1 Å². The molecule has 48 heavy (non-hydrogen) atoms. The van der Waals surface area contributed by atoms with E-state index in [2.05, 4.69) is 0 Å². The smallest absolute Gasteiger partial charge is 0.330 e. The molecule has 4 aromatic rings. The normalized spacial score (nSPS) is 11.0. The number of carbonyl (C=O) groups is 2. The predicted octanol–water partition coefficient (Wildman–Crippen LogP) is 6.17. The van der Waals surface area contributed by atoms with E-state index in [0.717, 1.165) is 58.9 Å². The van der Waals surface area contributed by atoms with Crippen LogP contribution in [-0.4, -0.2) is 44.5 Å². The van der Waals surface area contributed by atoms with E-state index in [4.69, 9.17) is 14.6 Å². The van der Waals surface area contributed by atoms with Crippen LogP contribution < -0.4 is 20.7 Å². The van der Waals surface area contributed by atoms with Crippen LogP contribution in [0.3, 0.4) is 0 Å². The largest absolute Gasteiger partial charge is 0.494 e. The number of nitrogens with zero attached hydrogens (tertiary/aromatic N) is 2. The Kier molecular flexibility index (Phi) is 12.8. The van der Waals surface area contributed by atoms with E-state index in [1.807, 2.05) is 66.7 Å². The van der Waals surface area contributed by atoms with Gasteiger partial charge in [-0.05, 0) is 91.1 Å². The summed E-state index contributed by atoms with van der Waals surface area (Å²) in [5.41, 5.74) is 4.82. The number of carboxylic acid groups (broad SMARTS) is 2. The number of hydrogen-bond acceptors (Lipinski definition) is 6. The molecule has 0 atom stereocenters. The molecule has 0 saturated carbocycles. The molecule has 0 aliphatic heterocycles. The Labute approximate surface area is 280 Å². The van der Waals surface area contributed by atoms with Gasteiger partial charge in [-0.1, -0.05) is 55.3 Å². The lowest BCUT2D eigenvalue weighted by Crippen LogP contribution is -2.39. The third-order valence-electron chi connectivity index (χ3n) is 8.48. The number of rotatable bonds is 18. The zero-order valence-electron chi connectivity index (χ0n) is 27.9. The second kappa shape index (κ2) is 17.2. The maximum Gasteiger partial charge on any atom is 0.330 e. The molecular formula is C38H44N2O8. The molecule has 3 aromatic carbocycles. The monoisotopic (exact) mass is 656 g/mol. The number of aromatic nitrogens is 2. The van der Waals surface area contributed by atoms with Gasteiger partial charge in [-0.25, -0.2) is 4.79 Å². The SMILES string of the molecule is Cc1c(-c2cc(OCCCCCCc3cccc(OCCCC(=O)O)c3CCC(=O)O)cc(-c3ccccc3)c2)c(=O)n(C)c(=O)n1C. The minimum Gasteiger partial charge on any atom is -0.494 e. The molecule has 10 nitrogen and oxygen atoms in total. The van der Waals surface area contributed by atoms with Gasteiger partial charge in [0, 0.05) is 32.6 Å². The standard InChI is InChI=1S/C38H44N2O8/c1-26-36(37(45)40(3)38(46)39(26)2)30-23-29(27-13-8-6-9-14-27)24-31(25-30)47-21-10-5-4-7-15-28-16-11-17-33(32(28)19-20-35(43)44)48-22-12-18-34(41)42/h6,8-9,11,13-14,16-17,23-25H,4-5,7,10,12,15,18-22H2,1-3H3,(H,41,42)(H,43,44). The Bertz CT molecular complexity index is 1840. The van der Waals surface area contributed by atoms with Crippen LogP contribution in [-0.2, 0) is 36.5 Å². The van der Waals surface area contributed by atoms with E-state index < -0.39 is 11.9 Å². The Morgan fingerprint density at radius 1 is 0.688 bits per heavy atom. The maximum atomic E-state index is 13.2. The molecule has 10 heteroatoms. The van der Waals surface area contributed by atoms with Gasteiger partial charge in [0.25, 0.3) is 5.56 Å². The van der Waals surface area contributed by atoms with Crippen molar-refractivity contribution < 1.29 is 29.3 Å². The third kappa shape index (κ3) is 9.47. The highest BCUT2D eigenvalue weighted by Gasteiger charge is 2.17. The second-order valence-electron chi connectivity index (χ2n) is 11.9. The van der Waals surface area contributed by atoms with Crippen LogP contribution >= 0.6 is 0 Å².